The number of nitrogens with one attached hydrogen (secondary N) is 1. The molecule has 3 heterocycles. The number of hydrogen-bond acceptors (Lipinski definition) is 4. The maximum Gasteiger partial charge on any atom is 0.172 e. The van der Waals surface area contributed by atoms with E-state index in [0.29, 0.717) is 11.7 Å². The average molecular weight is 269 g/mol. The van der Waals surface area contributed by atoms with Crippen LogP contribution in [0.2, 0.25) is 0 Å². The normalized spacial score (nSPS) is 17.9. The number of nitrogens with two attached hydrogens (primary N) is 1. The second-order valence-electron chi connectivity index (χ2n) is 4.97. The van der Waals surface area contributed by atoms with Crippen molar-refractivity contribution in [3.05, 3.63) is 48.8 Å². The molecule has 0 aliphatic carbocycles. The lowest BCUT2D eigenvalue weighted by Gasteiger charge is -2.26. The number of hydrogen-bond donors (Lipinski definition) is 2. The van der Waals surface area contributed by atoms with Crippen molar-refractivity contribution in [1.29, 1.82) is 0 Å². The molecule has 5 nitrogen and oxygen atoms in total. The number of allylic oxidation sites excluding steroid dienone is 2. The number of nitrogens with zero attached hydrogens (tertiary/aromatic N) is 3. The van der Waals surface area contributed by atoms with E-state index in [0.717, 1.165) is 24.3 Å². The van der Waals surface area contributed by atoms with Crippen LogP contribution >= 0.6 is 0 Å². The first-order valence-corrected chi connectivity index (χ1v) is 6.79. The van der Waals surface area contributed by atoms with Crippen LogP contribution in [0.1, 0.15) is 6.42 Å². The van der Waals surface area contributed by atoms with Gasteiger partial charge in [-0.25, -0.2) is 4.52 Å². The van der Waals surface area contributed by atoms with Gasteiger partial charge in [0.1, 0.15) is 5.69 Å². The molecule has 2 aromatic rings. The fraction of sp³-hybridized carbons (Fsp3) is 0.267. The molecule has 1 unspecified atom stereocenters. The van der Waals surface area contributed by atoms with Crippen molar-refractivity contribution in [3.63, 3.8) is 0 Å². The Labute approximate surface area is 118 Å². The van der Waals surface area contributed by atoms with Gasteiger partial charge >= 0.3 is 0 Å². The third-order valence-corrected chi connectivity index (χ3v) is 3.60. The van der Waals surface area contributed by atoms with Crippen LogP contribution in [-0.4, -0.2) is 34.1 Å². The monoisotopic (exact) mass is 269 g/mol. The van der Waals surface area contributed by atoms with Gasteiger partial charge in [-0.15, -0.1) is 5.10 Å². The zero-order valence-corrected chi connectivity index (χ0v) is 11.5. The van der Waals surface area contributed by atoms with Gasteiger partial charge in [0, 0.05) is 25.8 Å². The molecular formula is C15H19N5. The molecule has 0 radical (unpaired) electrons. The topological polar surface area (TPSA) is 58.6 Å². The molecule has 0 spiro atoms. The van der Waals surface area contributed by atoms with Crippen LogP contribution in [0.3, 0.4) is 0 Å². The van der Waals surface area contributed by atoms with Gasteiger partial charge in [-0.3, -0.25) is 0 Å². The minimum Gasteiger partial charge on any atom is -0.394 e. The van der Waals surface area contributed by atoms with Crippen molar-refractivity contribution in [2.45, 2.75) is 12.5 Å². The van der Waals surface area contributed by atoms with Crippen molar-refractivity contribution in [2.24, 2.45) is 0 Å². The number of anilines is 2. The molecule has 0 saturated carbocycles. The fourth-order valence-corrected chi connectivity index (χ4v) is 2.41. The van der Waals surface area contributed by atoms with Gasteiger partial charge < -0.3 is 16.0 Å². The zero-order chi connectivity index (χ0) is 13.9. The summed E-state index contributed by atoms with van der Waals surface area (Å²) < 4.78 is 1.80. The van der Waals surface area contributed by atoms with Gasteiger partial charge in [0.2, 0.25) is 0 Å². The van der Waals surface area contributed by atoms with Gasteiger partial charge in [0.25, 0.3) is 0 Å². The molecule has 0 saturated heterocycles. The molecule has 5 heteroatoms. The van der Waals surface area contributed by atoms with Gasteiger partial charge in [0.15, 0.2) is 5.82 Å². The maximum atomic E-state index is 6.10. The van der Waals surface area contributed by atoms with Crippen molar-refractivity contribution in [1.82, 2.24) is 14.5 Å². The number of rotatable bonds is 4. The lowest BCUT2D eigenvalue weighted by molar-refractivity contribution is 0.367. The zero-order valence-electron chi connectivity index (χ0n) is 11.5. The van der Waals surface area contributed by atoms with Crippen LogP contribution in [0.5, 0.6) is 0 Å². The van der Waals surface area contributed by atoms with Crippen LogP contribution in [0.4, 0.5) is 11.5 Å². The molecule has 0 aromatic carbocycles. The maximum absolute atomic E-state index is 6.10. The number of likely N-dealkylation sites (N-methyl/N-ethyl adjacent to an activating group) is 1. The standard InChI is InChI=1S/C15H19N5/c1-19-10-4-2-6-12(19)8-9-17-15-14(16)13-7-3-5-11-20(13)18-15/h2-7,10-12H,8-9,16H2,1H3,(H,17,18). The highest BCUT2D eigenvalue weighted by Crippen LogP contribution is 2.22. The molecule has 0 fully saturated rings. The second kappa shape index (κ2) is 5.28. The molecule has 3 N–H and O–H groups in total. The summed E-state index contributed by atoms with van der Waals surface area (Å²) in [6.45, 7) is 0.835. The van der Waals surface area contributed by atoms with Crippen molar-refractivity contribution in [2.75, 3.05) is 24.6 Å². The van der Waals surface area contributed by atoms with E-state index in [1.54, 1.807) is 4.52 Å². The van der Waals surface area contributed by atoms with Crippen molar-refractivity contribution >= 4 is 17.0 Å². The van der Waals surface area contributed by atoms with E-state index in [-0.39, 0.29) is 0 Å². The third kappa shape index (κ3) is 2.34. The molecular weight excluding hydrogens is 250 g/mol. The summed E-state index contributed by atoms with van der Waals surface area (Å²) in [5.74, 6) is 0.759. The molecule has 2 aromatic heterocycles. The van der Waals surface area contributed by atoms with E-state index in [1.807, 2.05) is 30.5 Å². The summed E-state index contributed by atoms with van der Waals surface area (Å²) in [6, 6.07) is 6.30. The summed E-state index contributed by atoms with van der Waals surface area (Å²) in [4.78, 5) is 2.20. The third-order valence-electron chi connectivity index (χ3n) is 3.60. The molecule has 3 rings (SSSR count). The Morgan fingerprint density at radius 3 is 3.05 bits per heavy atom. The Kier molecular flexibility index (Phi) is 3.33. The van der Waals surface area contributed by atoms with Gasteiger partial charge in [-0.2, -0.15) is 0 Å². The van der Waals surface area contributed by atoms with Crippen LogP contribution in [0.15, 0.2) is 48.8 Å². The van der Waals surface area contributed by atoms with E-state index < -0.39 is 0 Å². The first kappa shape index (κ1) is 12.6. The summed E-state index contributed by atoms with van der Waals surface area (Å²) in [6.07, 6.45) is 11.3. The Bertz CT molecular complexity index is 655. The summed E-state index contributed by atoms with van der Waals surface area (Å²) in [5.41, 5.74) is 7.75. The highest BCUT2D eigenvalue weighted by atomic mass is 15.3. The SMILES string of the molecule is CN1C=CC=CC1CCNc1nn2ccccc2c1N. The highest BCUT2D eigenvalue weighted by Gasteiger charge is 2.12. The summed E-state index contributed by atoms with van der Waals surface area (Å²) >= 11 is 0. The van der Waals surface area contributed by atoms with Crippen LogP contribution in [0.25, 0.3) is 5.52 Å². The minimum atomic E-state index is 0.422. The largest absolute Gasteiger partial charge is 0.394 e. The first-order valence-electron chi connectivity index (χ1n) is 6.79. The average Bonchev–Trinajstić information content (AvgIpc) is 2.78. The number of nitrogen functional groups attached to an aromatic ring is 1. The molecule has 1 atom stereocenters. The Morgan fingerprint density at radius 1 is 1.35 bits per heavy atom. The molecule has 0 amide bonds. The smallest absolute Gasteiger partial charge is 0.172 e. The van der Waals surface area contributed by atoms with E-state index in [1.165, 1.54) is 0 Å². The Hall–Kier alpha value is -2.43. The predicted molar refractivity (Wildman–Crippen MR) is 82.5 cm³/mol. The Balaban J connectivity index is 1.64. The number of fused-ring (bicyclic) bond motifs is 1. The van der Waals surface area contributed by atoms with Crippen LogP contribution in [0, 0.1) is 0 Å². The van der Waals surface area contributed by atoms with E-state index in [2.05, 4.69) is 40.7 Å². The lowest BCUT2D eigenvalue weighted by Crippen LogP contribution is -2.28. The van der Waals surface area contributed by atoms with Gasteiger partial charge in [0.05, 0.1) is 5.52 Å². The predicted octanol–water partition coefficient (Wildman–Crippen LogP) is 2.10. The van der Waals surface area contributed by atoms with E-state index >= 15 is 0 Å². The van der Waals surface area contributed by atoms with Crippen LogP contribution < -0.4 is 11.1 Å². The van der Waals surface area contributed by atoms with Gasteiger partial charge in [-0.05, 0) is 30.8 Å². The highest BCUT2D eigenvalue weighted by molar-refractivity contribution is 5.80. The van der Waals surface area contributed by atoms with Crippen molar-refractivity contribution < 1.29 is 0 Å². The molecule has 1 aliphatic heterocycles. The molecule has 20 heavy (non-hydrogen) atoms. The van der Waals surface area contributed by atoms with E-state index in [4.69, 9.17) is 5.73 Å². The Morgan fingerprint density at radius 2 is 2.25 bits per heavy atom. The van der Waals surface area contributed by atoms with E-state index in [9.17, 15) is 0 Å². The molecule has 1 aliphatic rings. The fourth-order valence-electron chi connectivity index (χ4n) is 2.41. The summed E-state index contributed by atoms with van der Waals surface area (Å²) in [7, 11) is 2.09. The second-order valence-corrected chi connectivity index (χ2v) is 4.97. The van der Waals surface area contributed by atoms with Gasteiger partial charge in [-0.1, -0.05) is 18.2 Å². The van der Waals surface area contributed by atoms with Crippen molar-refractivity contribution in [3.8, 4) is 0 Å². The molecule has 0 bridgehead atoms. The quantitative estimate of drug-likeness (QED) is 0.892. The number of aromatic nitrogens is 2. The number of pyridine rings is 1. The van der Waals surface area contributed by atoms with Crippen LogP contribution in [-0.2, 0) is 0 Å². The molecule has 104 valence electrons. The summed E-state index contributed by atoms with van der Waals surface area (Å²) in [5, 5.41) is 7.78. The first-order chi connectivity index (χ1) is 9.75. The lowest BCUT2D eigenvalue weighted by atomic mass is 10.1. The minimum absolute atomic E-state index is 0.422.